The maximum Gasteiger partial charge on any atom is 0.390 e. The van der Waals surface area contributed by atoms with Gasteiger partial charge in [-0.15, -0.1) is 0 Å². The lowest BCUT2D eigenvalue weighted by molar-refractivity contribution is -0.137. The summed E-state index contributed by atoms with van der Waals surface area (Å²) in [4.78, 5) is 1.47. The standard InChI is InChI=1S/C14H20F3NO2/c1-3-20-12-6-4-11(5-7-12)13(19)10-18(2)9-8-14(15,16)17/h4-7,13,19H,3,8-10H2,1-2H3. The zero-order chi connectivity index (χ0) is 15.2. The lowest BCUT2D eigenvalue weighted by Gasteiger charge is -2.21. The van der Waals surface area contributed by atoms with Gasteiger partial charge in [-0.1, -0.05) is 12.1 Å². The molecule has 6 heteroatoms. The minimum absolute atomic E-state index is 0.127. The van der Waals surface area contributed by atoms with Gasteiger partial charge in [-0.2, -0.15) is 13.2 Å². The van der Waals surface area contributed by atoms with Gasteiger partial charge in [-0.3, -0.25) is 0 Å². The van der Waals surface area contributed by atoms with Crippen LogP contribution in [0.5, 0.6) is 5.75 Å². The van der Waals surface area contributed by atoms with Crippen molar-refractivity contribution in [1.82, 2.24) is 4.90 Å². The van der Waals surface area contributed by atoms with Gasteiger partial charge in [0.1, 0.15) is 5.75 Å². The minimum Gasteiger partial charge on any atom is -0.494 e. The molecule has 0 saturated carbocycles. The van der Waals surface area contributed by atoms with E-state index in [4.69, 9.17) is 4.74 Å². The van der Waals surface area contributed by atoms with Crippen molar-refractivity contribution >= 4 is 0 Å². The van der Waals surface area contributed by atoms with Crippen LogP contribution in [0.2, 0.25) is 0 Å². The molecule has 0 spiro atoms. The Morgan fingerprint density at radius 1 is 1.25 bits per heavy atom. The number of benzene rings is 1. The Balaban J connectivity index is 2.47. The Hall–Kier alpha value is -1.27. The summed E-state index contributed by atoms with van der Waals surface area (Å²) >= 11 is 0. The number of hydrogen-bond acceptors (Lipinski definition) is 3. The molecule has 114 valence electrons. The predicted molar refractivity (Wildman–Crippen MR) is 70.7 cm³/mol. The summed E-state index contributed by atoms with van der Waals surface area (Å²) in [5, 5.41) is 9.98. The fraction of sp³-hybridized carbons (Fsp3) is 0.571. The first-order chi connectivity index (χ1) is 9.31. The Labute approximate surface area is 117 Å². The average molecular weight is 291 g/mol. The molecule has 20 heavy (non-hydrogen) atoms. The first-order valence-electron chi connectivity index (χ1n) is 6.48. The summed E-state index contributed by atoms with van der Waals surface area (Å²) in [6.07, 6.45) is -5.86. The van der Waals surface area contributed by atoms with E-state index in [9.17, 15) is 18.3 Å². The monoisotopic (exact) mass is 291 g/mol. The van der Waals surface area contributed by atoms with Gasteiger partial charge >= 0.3 is 6.18 Å². The highest BCUT2D eigenvalue weighted by molar-refractivity contribution is 5.28. The number of hydrogen-bond donors (Lipinski definition) is 1. The van der Waals surface area contributed by atoms with E-state index >= 15 is 0 Å². The normalized spacial score (nSPS) is 13.6. The Morgan fingerprint density at radius 2 is 1.85 bits per heavy atom. The van der Waals surface area contributed by atoms with Crippen molar-refractivity contribution in [3.8, 4) is 5.75 Å². The maximum absolute atomic E-state index is 12.1. The molecule has 1 rings (SSSR count). The van der Waals surface area contributed by atoms with Crippen LogP contribution in [0.15, 0.2) is 24.3 Å². The topological polar surface area (TPSA) is 32.7 Å². The summed E-state index contributed by atoms with van der Waals surface area (Å²) < 4.78 is 41.6. The van der Waals surface area contributed by atoms with E-state index in [-0.39, 0.29) is 13.1 Å². The molecule has 1 N–H and O–H groups in total. The number of aliphatic hydroxyl groups excluding tert-OH is 1. The Kier molecular flexibility index (Phi) is 6.29. The second-order valence-electron chi connectivity index (χ2n) is 4.65. The van der Waals surface area contributed by atoms with Crippen LogP contribution in [0, 0.1) is 0 Å². The molecule has 1 unspecified atom stereocenters. The molecule has 0 saturated heterocycles. The number of aliphatic hydroxyl groups is 1. The molecule has 0 bridgehead atoms. The Morgan fingerprint density at radius 3 is 2.35 bits per heavy atom. The van der Waals surface area contributed by atoms with Crippen LogP contribution in [0.4, 0.5) is 13.2 Å². The molecule has 0 aliphatic carbocycles. The molecular formula is C14H20F3NO2. The first kappa shape index (κ1) is 16.8. The van der Waals surface area contributed by atoms with Gasteiger partial charge in [0.2, 0.25) is 0 Å². The summed E-state index contributed by atoms with van der Waals surface area (Å²) in [5.74, 6) is 0.703. The van der Waals surface area contributed by atoms with Crippen LogP contribution in [0.3, 0.4) is 0 Å². The summed E-state index contributed by atoms with van der Waals surface area (Å²) in [6, 6.07) is 6.90. The van der Waals surface area contributed by atoms with Gasteiger partial charge in [-0.05, 0) is 31.7 Å². The van der Waals surface area contributed by atoms with Gasteiger partial charge in [-0.25, -0.2) is 0 Å². The fourth-order valence-electron chi connectivity index (χ4n) is 1.76. The third-order valence-electron chi connectivity index (χ3n) is 2.84. The van der Waals surface area contributed by atoms with E-state index in [1.54, 1.807) is 31.3 Å². The molecule has 3 nitrogen and oxygen atoms in total. The number of likely N-dealkylation sites (N-methyl/N-ethyl adjacent to an activating group) is 1. The molecular weight excluding hydrogens is 271 g/mol. The van der Waals surface area contributed by atoms with Gasteiger partial charge in [0.25, 0.3) is 0 Å². The van der Waals surface area contributed by atoms with Crippen molar-refractivity contribution in [1.29, 1.82) is 0 Å². The molecule has 0 fully saturated rings. The number of ether oxygens (including phenoxy) is 1. The first-order valence-corrected chi connectivity index (χ1v) is 6.48. The third-order valence-corrected chi connectivity index (χ3v) is 2.84. The van der Waals surface area contributed by atoms with Gasteiger partial charge < -0.3 is 14.7 Å². The van der Waals surface area contributed by atoms with Crippen LogP contribution in [-0.2, 0) is 0 Å². The van der Waals surface area contributed by atoms with Crippen molar-refractivity contribution in [2.45, 2.75) is 25.6 Å². The smallest absolute Gasteiger partial charge is 0.390 e. The molecule has 0 amide bonds. The predicted octanol–water partition coefficient (Wildman–Crippen LogP) is 3.00. The number of nitrogens with zero attached hydrogens (tertiary/aromatic N) is 1. The number of alkyl halides is 3. The largest absolute Gasteiger partial charge is 0.494 e. The van der Waals surface area contributed by atoms with Gasteiger partial charge in [0.15, 0.2) is 0 Å². The average Bonchev–Trinajstić information content (AvgIpc) is 2.37. The van der Waals surface area contributed by atoms with Crippen molar-refractivity contribution in [2.75, 3.05) is 26.7 Å². The van der Waals surface area contributed by atoms with E-state index in [0.29, 0.717) is 17.9 Å². The highest BCUT2D eigenvalue weighted by atomic mass is 19.4. The van der Waals surface area contributed by atoms with Crippen LogP contribution in [-0.4, -0.2) is 42.9 Å². The summed E-state index contributed by atoms with van der Waals surface area (Å²) in [6.45, 7) is 2.46. The second-order valence-corrected chi connectivity index (χ2v) is 4.65. The van der Waals surface area contributed by atoms with Crippen LogP contribution >= 0.6 is 0 Å². The van der Waals surface area contributed by atoms with Gasteiger partial charge in [0.05, 0.1) is 19.1 Å². The highest BCUT2D eigenvalue weighted by Crippen LogP contribution is 2.21. The van der Waals surface area contributed by atoms with E-state index in [0.717, 1.165) is 0 Å². The number of rotatable bonds is 7. The second kappa shape index (κ2) is 7.50. The van der Waals surface area contributed by atoms with Crippen LogP contribution < -0.4 is 4.74 Å². The third kappa shape index (κ3) is 6.25. The van der Waals surface area contributed by atoms with Crippen molar-refractivity contribution in [2.24, 2.45) is 0 Å². The molecule has 0 aromatic heterocycles. The van der Waals surface area contributed by atoms with E-state index < -0.39 is 18.7 Å². The lowest BCUT2D eigenvalue weighted by atomic mass is 10.1. The van der Waals surface area contributed by atoms with Crippen LogP contribution in [0.1, 0.15) is 25.0 Å². The Bertz CT molecular complexity index is 392. The molecule has 0 aliphatic heterocycles. The maximum atomic E-state index is 12.1. The quantitative estimate of drug-likeness (QED) is 0.838. The lowest BCUT2D eigenvalue weighted by Crippen LogP contribution is -2.28. The molecule has 0 aliphatic rings. The van der Waals surface area contributed by atoms with Crippen molar-refractivity contribution in [3.05, 3.63) is 29.8 Å². The summed E-state index contributed by atoms with van der Waals surface area (Å²) in [7, 11) is 1.56. The molecule has 1 atom stereocenters. The zero-order valence-corrected chi connectivity index (χ0v) is 11.7. The molecule has 0 heterocycles. The van der Waals surface area contributed by atoms with E-state index in [1.165, 1.54) is 4.90 Å². The molecule has 1 aromatic rings. The van der Waals surface area contributed by atoms with Crippen molar-refractivity contribution in [3.63, 3.8) is 0 Å². The van der Waals surface area contributed by atoms with Crippen molar-refractivity contribution < 1.29 is 23.0 Å². The fourth-order valence-corrected chi connectivity index (χ4v) is 1.76. The molecule has 1 aromatic carbocycles. The minimum atomic E-state index is -4.17. The van der Waals surface area contributed by atoms with E-state index in [2.05, 4.69) is 0 Å². The zero-order valence-electron chi connectivity index (χ0n) is 11.7. The summed E-state index contributed by atoms with van der Waals surface area (Å²) in [5.41, 5.74) is 0.660. The number of halogens is 3. The van der Waals surface area contributed by atoms with Gasteiger partial charge in [0, 0.05) is 13.1 Å². The van der Waals surface area contributed by atoms with Crippen LogP contribution in [0.25, 0.3) is 0 Å². The van der Waals surface area contributed by atoms with E-state index in [1.807, 2.05) is 6.92 Å². The SMILES string of the molecule is CCOc1ccc(C(O)CN(C)CCC(F)(F)F)cc1. The highest BCUT2D eigenvalue weighted by Gasteiger charge is 2.27. The molecule has 0 radical (unpaired) electrons.